The Kier molecular flexibility index (Phi) is 5.24. The zero-order valence-corrected chi connectivity index (χ0v) is 14.8. The van der Waals surface area contributed by atoms with Crippen LogP contribution >= 0.6 is 0 Å². The molecule has 4 rings (SSSR count). The highest BCUT2D eigenvalue weighted by molar-refractivity contribution is 5.94. The molecule has 0 unspecified atom stereocenters. The van der Waals surface area contributed by atoms with Crippen LogP contribution in [0.3, 0.4) is 0 Å². The molecule has 2 fully saturated rings. The van der Waals surface area contributed by atoms with Gasteiger partial charge in [-0.05, 0) is 43.7 Å². The van der Waals surface area contributed by atoms with Crippen molar-refractivity contribution < 1.29 is 14.1 Å². The summed E-state index contributed by atoms with van der Waals surface area (Å²) in [5.74, 6) is 2.49. The molecule has 7 heteroatoms. The molecule has 26 heavy (non-hydrogen) atoms. The van der Waals surface area contributed by atoms with E-state index in [1.165, 1.54) is 0 Å². The first-order valence-electron chi connectivity index (χ1n) is 9.39. The van der Waals surface area contributed by atoms with Gasteiger partial charge in [-0.2, -0.15) is 4.98 Å². The van der Waals surface area contributed by atoms with Gasteiger partial charge in [-0.15, -0.1) is 0 Å². The summed E-state index contributed by atoms with van der Waals surface area (Å²) >= 11 is 0. The second-order valence-electron chi connectivity index (χ2n) is 7.11. The van der Waals surface area contributed by atoms with Gasteiger partial charge in [-0.1, -0.05) is 5.16 Å². The van der Waals surface area contributed by atoms with Gasteiger partial charge in [0.25, 0.3) is 5.91 Å². The third kappa shape index (κ3) is 3.93. The fourth-order valence-electron chi connectivity index (χ4n) is 3.74. The summed E-state index contributed by atoms with van der Waals surface area (Å²) in [5.41, 5.74) is 0.705. The predicted molar refractivity (Wildman–Crippen MR) is 93.7 cm³/mol. The van der Waals surface area contributed by atoms with Gasteiger partial charge in [0, 0.05) is 56.6 Å². The van der Waals surface area contributed by atoms with Gasteiger partial charge in [0.2, 0.25) is 5.89 Å². The molecule has 0 bridgehead atoms. The van der Waals surface area contributed by atoms with Crippen LogP contribution in [0.5, 0.6) is 0 Å². The number of likely N-dealkylation sites (tertiary alicyclic amines) is 1. The number of hydrogen-bond donors (Lipinski definition) is 0. The van der Waals surface area contributed by atoms with Crippen LogP contribution in [0, 0.1) is 5.92 Å². The summed E-state index contributed by atoms with van der Waals surface area (Å²) in [4.78, 5) is 23.0. The first-order valence-corrected chi connectivity index (χ1v) is 9.39. The predicted octanol–water partition coefficient (Wildman–Crippen LogP) is 2.45. The summed E-state index contributed by atoms with van der Waals surface area (Å²) in [6.45, 7) is 3.09. The lowest BCUT2D eigenvalue weighted by atomic mass is 9.93. The lowest BCUT2D eigenvalue weighted by molar-refractivity contribution is 0.0687. The normalized spacial score (nSPS) is 19.6. The zero-order valence-electron chi connectivity index (χ0n) is 14.8. The quantitative estimate of drug-likeness (QED) is 0.837. The first kappa shape index (κ1) is 17.1. The number of carbonyl (C=O) groups is 1. The Morgan fingerprint density at radius 2 is 1.85 bits per heavy atom. The third-order valence-electron chi connectivity index (χ3n) is 5.36. The average Bonchev–Trinajstić information content (AvgIpc) is 3.18. The molecule has 0 N–H and O–H groups in total. The van der Waals surface area contributed by atoms with Crippen LogP contribution in [0.25, 0.3) is 0 Å². The molecule has 138 valence electrons. The van der Waals surface area contributed by atoms with E-state index < -0.39 is 0 Å². The highest BCUT2D eigenvalue weighted by Crippen LogP contribution is 2.26. The minimum Gasteiger partial charge on any atom is -0.381 e. The first-order chi connectivity index (χ1) is 12.8. The number of pyridine rings is 1. The van der Waals surface area contributed by atoms with Crippen molar-refractivity contribution in [2.45, 2.75) is 38.0 Å². The molecule has 2 aliphatic rings. The van der Waals surface area contributed by atoms with E-state index in [0.717, 1.165) is 70.1 Å². The molecule has 4 heterocycles. The van der Waals surface area contributed by atoms with E-state index in [-0.39, 0.29) is 5.91 Å². The van der Waals surface area contributed by atoms with Crippen LogP contribution in [0.2, 0.25) is 0 Å². The Labute approximate surface area is 152 Å². The molecule has 7 nitrogen and oxygen atoms in total. The van der Waals surface area contributed by atoms with Gasteiger partial charge in [-0.25, -0.2) is 0 Å². The SMILES string of the molecule is O=C(c1ccncc1)N1CCC(Cc2nc(C3CCOCC3)no2)CC1. The molecule has 0 saturated carbocycles. The molecular weight excluding hydrogens is 332 g/mol. The van der Waals surface area contributed by atoms with Crippen molar-refractivity contribution in [2.75, 3.05) is 26.3 Å². The van der Waals surface area contributed by atoms with Crippen molar-refractivity contribution in [2.24, 2.45) is 5.92 Å². The smallest absolute Gasteiger partial charge is 0.253 e. The van der Waals surface area contributed by atoms with Gasteiger partial charge in [0.15, 0.2) is 5.82 Å². The lowest BCUT2D eigenvalue weighted by Gasteiger charge is -2.31. The van der Waals surface area contributed by atoms with Crippen LogP contribution in [0.1, 0.15) is 53.7 Å². The number of ether oxygens (including phenoxy) is 1. The van der Waals surface area contributed by atoms with Gasteiger partial charge >= 0.3 is 0 Å². The Bertz CT molecular complexity index is 719. The van der Waals surface area contributed by atoms with E-state index in [2.05, 4.69) is 15.1 Å². The number of carbonyl (C=O) groups excluding carboxylic acids is 1. The molecule has 2 saturated heterocycles. The largest absolute Gasteiger partial charge is 0.381 e. The Morgan fingerprint density at radius 3 is 2.58 bits per heavy atom. The van der Waals surface area contributed by atoms with Crippen LogP contribution in [0.15, 0.2) is 29.0 Å². The van der Waals surface area contributed by atoms with Crippen LogP contribution in [0.4, 0.5) is 0 Å². The molecular formula is C19H24N4O3. The van der Waals surface area contributed by atoms with Gasteiger partial charge in [0.05, 0.1) is 0 Å². The monoisotopic (exact) mass is 356 g/mol. The van der Waals surface area contributed by atoms with E-state index in [9.17, 15) is 4.79 Å². The molecule has 0 aromatic carbocycles. The number of nitrogens with zero attached hydrogens (tertiary/aromatic N) is 4. The van der Waals surface area contributed by atoms with Crippen molar-refractivity contribution in [1.82, 2.24) is 20.0 Å². The maximum absolute atomic E-state index is 12.5. The fourth-order valence-corrected chi connectivity index (χ4v) is 3.74. The molecule has 1 amide bonds. The number of amides is 1. The molecule has 0 aliphatic carbocycles. The van der Waals surface area contributed by atoms with Crippen LogP contribution in [-0.4, -0.2) is 52.2 Å². The molecule has 2 aromatic rings. The number of rotatable bonds is 4. The summed E-state index contributed by atoms with van der Waals surface area (Å²) in [6, 6.07) is 3.54. The van der Waals surface area contributed by atoms with Crippen LogP contribution in [-0.2, 0) is 11.2 Å². The molecule has 0 radical (unpaired) electrons. The van der Waals surface area contributed by atoms with E-state index in [1.54, 1.807) is 24.5 Å². The topological polar surface area (TPSA) is 81.4 Å². The number of piperidine rings is 1. The summed E-state index contributed by atoms with van der Waals surface area (Å²) in [7, 11) is 0. The Morgan fingerprint density at radius 1 is 1.12 bits per heavy atom. The Balaban J connectivity index is 1.29. The van der Waals surface area contributed by atoms with Crippen molar-refractivity contribution in [1.29, 1.82) is 0 Å². The van der Waals surface area contributed by atoms with Crippen LogP contribution < -0.4 is 0 Å². The maximum Gasteiger partial charge on any atom is 0.253 e. The summed E-state index contributed by atoms with van der Waals surface area (Å²) in [5, 5.41) is 4.18. The van der Waals surface area contributed by atoms with Gasteiger partial charge < -0.3 is 14.2 Å². The minimum absolute atomic E-state index is 0.0884. The number of aromatic nitrogens is 3. The molecule has 2 aromatic heterocycles. The highest BCUT2D eigenvalue weighted by atomic mass is 16.5. The van der Waals surface area contributed by atoms with Crippen molar-refractivity contribution >= 4 is 5.91 Å². The van der Waals surface area contributed by atoms with E-state index in [1.807, 2.05) is 4.90 Å². The van der Waals surface area contributed by atoms with E-state index >= 15 is 0 Å². The molecule has 0 atom stereocenters. The van der Waals surface area contributed by atoms with Crippen molar-refractivity contribution in [3.8, 4) is 0 Å². The van der Waals surface area contributed by atoms with E-state index in [0.29, 0.717) is 17.4 Å². The third-order valence-corrected chi connectivity index (χ3v) is 5.36. The second-order valence-corrected chi connectivity index (χ2v) is 7.11. The van der Waals surface area contributed by atoms with Gasteiger partial charge in [-0.3, -0.25) is 9.78 Å². The standard InChI is InChI=1S/C19H24N4O3/c24-19(16-1-7-20-8-2-16)23-9-3-14(4-10-23)13-17-21-18(22-26-17)15-5-11-25-12-6-15/h1-2,7-8,14-15H,3-6,9-13H2. The van der Waals surface area contributed by atoms with Gasteiger partial charge in [0.1, 0.15) is 0 Å². The maximum atomic E-state index is 12.5. The molecule has 2 aliphatic heterocycles. The molecule has 0 spiro atoms. The zero-order chi connectivity index (χ0) is 17.8. The van der Waals surface area contributed by atoms with E-state index in [4.69, 9.17) is 9.26 Å². The fraction of sp³-hybridized carbons (Fsp3) is 0.579. The lowest BCUT2D eigenvalue weighted by Crippen LogP contribution is -2.38. The second kappa shape index (κ2) is 7.95. The number of hydrogen-bond acceptors (Lipinski definition) is 6. The summed E-state index contributed by atoms with van der Waals surface area (Å²) in [6.07, 6.45) is 7.98. The highest BCUT2D eigenvalue weighted by Gasteiger charge is 2.26. The Hall–Kier alpha value is -2.28. The minimum atomic E-state index is 0.0884. The van der Waals surface area contributed by atoms with Crippen molar-refractivity contribution in [3.05, 3.63) is 41.8 Å². The summed E-state index contributed by atoms with van der Waals surface area (Å²) < 4.78 is 10.9. The average molecular weight is 356 g/mol. The van der Waals surface area contributed by atoms with Crippen molar-refractivity contribution in [3.63, 3.8) is 0 Å².